The molecule has 186 valence electrons. The fourth-order valence-corrected chi connectivity index (χ4v) is 2.81. The molecule has 1 rings (SSSR count). The molecular formula is C24H40N4O5. The van der Waals surface area contributed by atoms with Crippen LogP contribution in [-0.4, -0.2) is 60.4 Å². The van der Waals surface area contributed by atoms with Crippen molar-refractivity contribution in [2.45, 2.75) is 72.0 Å². The molecule has 33 heavy (non-hydrogen) atoms. The molecule has 0 aliphatic carbocycles. The lowest BCUT2D eigenvalue weighted by atomic mass is 10.2. The van der Waals surface area contributed by atoms with E-state index in [0.29, 0.717) is 56.7 Å². The summed E-state index contributed by atoms with van der Waals surface area (Å²) in [5, 5.41) is 5.55. The maximum atomic E-state index is 12.6. The van der Waals surface area contributed by atoms with E-state index in [2.05, 4.69) is 10.6 Å². The summed E-state index contributed by atoms with van der Waals surface area (Å²) in [4.78, 5) is 38.2. The lowest BCUT2D eigenvalue weighted by Crippen LogP contribution is -2.39. The topological polar surface area (TPSA) is 123 Å². The molecule has 1 aromatic rings. The smallest absolute Gasteiger partial charge is 0.410 e. The summed E-state index contributed by atoms with van der Waals surface area (Å²) in [7, 11) is 0. The molecular weight excluding hydrogens is 424 g/mol. The van der Waals surface area contributed by atoms with Crippen molar-refractivity contribution in [1.82, 2.24) is 15.5 Å². The maximum Gasteiger partial charge on any atom is 0.410 e. The van der Waals surface area contributed by atoms with Gasteiger partial charge in [-0.2, -0.15) is 0 Å². The van der Waals surface area contributed by atoms with Gasteiger partial charge in [-0.15, -0.1) is 0 Å². The molecule has 3 amide bonds. The number of unbranched alkanes of at least 4 members (excludes halogenated alkanes) is 1. The number of ether oxygens (including phenoxy) is 2. The Hall–Kier alpha value is -2.97. The van der Waals surface area contributed by atoms with Gasteiger partial charge in [0, 0.05) is 37.4 Å². The highest BCUT2D eigenvalue weighted by molar-refractivity contribution is 5.94. The molecule has 9 nitrogen and oxygen atoms in total. The van der Waals surface area contributed by atoms with E-state index in [4.69, 9.17) is 15.2 Å². The predicted molar refractivity (Wildman–Crippen MR) is 129 cm³/mol. The van der Waals surface area contributed by atoms with Crippen LogP contribution in [0, 0.1) is 0 Å². The molecule has 0 saturated heterocycles. The van der Waals surface area contributed by atoms with Crippen molar-refractivity contribution in [3.8, 4) is 0 Å². The quantitative estimate of drug-likeness (QED) is 0.356. The van der Waals surface area contributed by atoms with Gasteiger partial charge in [-0.25, -0.2) is 9.59 Å². The van der Waals surface area contributed by atoms with Gasteiger partial charge in [0.05, 0.1) is 0 Å². The molecule has 0 radical (unpaired) electrons. The number of hydrogen-bond donors (Lipinski definition) is 3. The normalized spacial score (nSPS) is 11.5. The molecule has 0 unspecified atom stereocenters. The number of nitrogens with zero attached hydrogens (tertiary/aromatic N) is 1. The number of amides is 3. The van der Waals surface area contributed by atoms with Crippen molar-refractivity contribution in [3.63, 3.8) is 0 Å². The number of rotatable bonds is 10. The predicted octanol–water partition coefficient (Wildman–Crippen LogP) is 3.93. The van der Waals surface area contributed by atoms with Gasteiger partial charge in [0.15, 0.2) is 0 Å². The SMILES string of the molecule is CC(C)(C)OC(=O)NCCCCN(CCCNC(=O)c1cccc(N)c1)C(=O)OC(C)(C)C. The van der Waals surface area contributed by atoms with E-state index in [-0.39, 0.29) is 5.91 Å². The standard InChI is InChI=1S/C24H40N4O5/c1-23(2,3)32-21(30)27-13-7-8-15-28(22(31)33-24(4,5)6)16-10-14-26-20(29)18-11-9-12-19(25)17-18/h9,11-12,17H,7-8,10,13-16,25H2,1-6H3,(H,26,29)(H,27,30). The summed E-state index contributed by atoms with van der Waals surface area (Å²) in [6, 6.07) is 6.77. The first kappa shape index (κ1) is 28.1. The number of carbonyl (C=O) groups is 3. The Bertz CT molecular complexity index is 784. The number of hydrogen-bond acceptors (Lipinski definition) is 6. The molecule has 0 bridgehead atoms. The highest BCUT2D eigenvalue weighted by Gasteiger charge is 2.22. The van der Waals surface area contributed by atoms with Crippen LogP contribution in [0.3, 0.4) is 0 Å². The summed E-state index contributed by atoms with van der Waals surface area (Å²) < 4.78 is 10.7. The van der Waals surface area contributed by atoms with Crippen LogP contribution >= 0.6 is 0 Å². The van der Waals surface area contributed by atoms with Crippen LogP contribution in [0.1, 0.15) is 71.2 Å². The molecule has 0 heterocycles. The minimum absolute atomic E-state index is 0.209. The molecule has 0 atom stereocenters. The monoisotopic (exact) mass is 464 g/mol. The zero-order valence-corrected chi connectivity index (χ0v) is 20.8. The Kier molecular flexibility index (Phi) is 11.0. The van der Waals surface area contributed by atoms with Gasteiger partial charge >= 0.3 is 12.2 Å². The van der Waals surface area contributed by atoms with Crippen LogP contribution in [0.15, 0.2) is 24.3 Å². The second-order valence-corrected chi connectivity index (χ2v) is 9.84. The first-order valence-corrected chi connectivity index (χ1v) is 11.4. The van der Waals surface area contributed by atoms with Crippen LogP contribution in [0.2, 0.25) is 0 Å². The van der Waals surface area contributed by atoms with Gasteiger partial charge in [-0.1, -0.05) is 6.07 Å². The zero-order valence-electron chi connectivity index (χ0n) is 20.8. The lowest BCUT2D eigenvalue weighted by molar-refractivity contribution is 0.0243. The average molecular weight is 465 g/mol. The Labute approximate surface area is 197 Å². The molecule has 0 aliphatic rings. The van der Waals surface area contributed by atoms with E-state index in [0.717, 1.165) is 0 Å². The molecule has 0 aliphatic heterocycles. The van der Waals surface area contributed by atoms with Crippen LogP contribution in [0.4, 0.5) is 15.3 Å². The first-order chi connectivity index (χ1) is 15.3. The van der Waals surface area contributed by atoms with Gasteiger partial charge in [-0.05, 0) is 79.0 Å². The largest absolute Gasteiger partial charge is 0.444 e. The van der Waals surface area contributed by atoms with Gasteiger partial charge in [0.25, 0.3) is 5.91 Å². The van der Waals surface area contributed by atoms with Gasteiger partial charge in [-0.3, -0.25) is 4.79 Å². The molecule has 0 aromatic heterocycles. The number of nitrogens with one attached hydrogen (secondary N) is 2. The summed E-state index contributed by atoms with van der Waals surface area (Å²) in [5.41, 5.74) is 5.60. The van der Waals surface area contributed by atoms with Crippen molar-refractivity contribution in [2.24, 2.45) is 0 Å². The third kappa shape index (κ3) is 13.2. The number of carbonyl (C=O) groups excluding carboxylic acids is 3. The summed E-state index contributed by atoms with van der Waals surface area (Å²) in [5.74, 6) is -0.209. The van der Waals surface area contributed by atoms with Gasteiger partial charge in [0.1, 0.15) is 11.2 Å². The van der Waals surface area contributed by atoms with Crippen molar-refractivity contribution in [3.05, 3.63) is 29.8 Å². The highest BCUT2D eigenvalue weighted by atomic mass is 16.6. The Balaban J connectivity index is 2.46. The van der Waals surface area contributed by atoms with E-state index in [9.17, 15) is 14.4 Å². The van der Waals surface area contributed by atoms with Crippen LogP contribution < -0.4 is 16.4 Å². The van der Waals surface area contributed by atoms with Crippen LogP contribution in [0.25, 0.3) is 0 Å². The van der Waals surface area contributed by atoms with E-state index in [1.165, 1.54) is 0 Å². The number of anilines is 1. The molecule has 0 saturated carbocycles. The minimum atomic E-state index is -0.602. The van der Waals surface area contributed by atoms with Crippen molar-refractivity contribution in [2.75, 3.05) is 31.9 Å². The zero-order chi connectivity index (χ0) is 25.1. The fourth-order valence-electron chi connectivity index (χ4n) is 2.81. The Morgan fingerprint density at radius 3 is 2.09 bits per heavy atom. The third-order valence-electron chi connectivity index (χ3n) is 4.21. The molecule has 9 heteroatoms. The molecule has 0 spiro atoms. The molecule has 0 fully saturated rings. The molecule has 1 aromatic carbocycles. The molecule has 4 N–H and O–H groups in total. The Morgan fingerprint density at radius 2 is 1.48 bits per heavy atom. The summed E-state index contributed by atoms with van der Waals surface area (Å²) in [6.07, 6.45) is 1.09. The van der Waals surface area contributed by atoms with E-state index in [1.54, 1.807) is 29.2 Å². The maximum absolute atomic E-state index is 12.6. The second-order valence-electron chi connectivity index (χ2n) is 9.84. The number of alkyl carbamates (subject to hydrolysis) is 1. The van der Waals surface area contributed by atoms with Crippen molar-refractivity contribution in [1.29, 1.82) is 0 Å². The lowest BCUT2D eigenvalue weighted by Gasteiger charge is -2.27. The van der Waals surface area contributed by atoms with Gasteiger partial charge in [0.2, 0.25) is 0 Å². The van der Waals surface area contributed by atoms with Crippen LogP contribution in [0.5, 0.6) is 0 Å². The highest BCUT2D eigenvalue weighted by Crippen LogP contribution is 2.11. The van der Waals surface area contributed by atoms with Crippen molar-refractivity contribution < 1.29 is 23.9 Å². The van der Waals surface area contributed by atoms with Gasteiger partial charge < -0.3 is 30.7 Å². The first-order valence-electron chi connectivity index (χ1n) is 11.4. The Morgan fingerprint density at radius 1 is 0.879 bits per heavy atom. The third-order valence-corrected chi connectivity index (χ3v) is 4.21. The van der Waals surface area contributed by atoms with Crippen LogP contribution in [-0.2, 0) is 9.47 Å². The van der Waals surface area contributed by atoms with E-state index >= 15 is 0 Å². The summed E-state index contributed by atoms with van der Waals surface area (Å²) in [6.45, 7) is 12.7. The van der Waals surface area contributed by atoms with E-state index in [1.807, 2.05) is 41.5 Å². The van der Waals surface area contributed by atoms with Crippen molar-refractivity contribution >= 4 is 23.8 Å². The second kappa shape index (κ2) is 12.9. The van der Waals surface area contributed by atoms with E-state index < -0.39 is 23.4 Å². The minimum Gasteiger partial charge on any atom is -0.444 e. The fraction of sp³-hybridized carbons (Fsp3) is 0.625. The summed E-state index contributed by atoms with van der Waals surface area (Å²) >= 11 is 0. The number of benzene rings is 1. The number of nitrogen functional groups attached to an aromatic ring is 1. The number of nitrogens with two attached hydrogens (primary N) is 1. The average Bonchev–Trinajstić information content (AvgIpc) is 2.66.